The number of alkyl halides is 3. The van der Waals surface area contributed by atoms with E-state index in [1.165, 1.54) is 18.3 Å². The van der Waals surface area contributed by atoms with Crippen LogP contribution in [0.5, 0.6) is 0 Å². The number of nitrogens with zero attached hydrogens (tertiary/aromatic N) is 3. The third kappa shape index (κ3) is 3.53. The van der Waals surface area contributed by atoms with Crippen LogP contribution in [0, 0.1) is 11.3 Å². The molecule has 22 heavy (non-hydrogen) atoms. The Morgan fingerprint density at radius 2 is 2.05 bits per heavy atom. The van der Waals surface area contributed by atoms with E-state index in [2.05, 4.69) is 9.97 Å². The second-order valence-corrected chi connectivity index (χ2v) is 5.12. The Labute approximate surface area is 127 Å². The summed E-state index contributed by atoms with van der Waals surface area (Å²) in [6, 6.07) is 4.79. The van der Waals surface area contributed by atoms with Crippen molar-refractivity contribution in [2.24, 2.45) is 5.73 Å². The summed E-state index contributed by atoms with van der Waals surface area (Å²) in [6.07, 6.45) is -2.18. The molecule has 0 unspecified atom stereocenters. The van der Waals surface area contributed by atoms with Crippen LogP contribution in [0.1, 0.15) is 21.6 Å². The highest BCUT2D eigenvalue weighted by molar-refractivity contribution is 7.99. The van der Waals surface area contributed by atoms with Crippen molar-refractivity contribution < 1.29 is 18.0 Å². The molecule has 0 radical (unpaired) electrons. The Bertz CT molecular complexity index is 771. The molecule has 112 valence electrons. The number of halogens is 3. The fourth-order valence-corrected chi connectivity index (χ4v) is 2.37. The maximum absolute atomic E-state index is 12.9. The third-order valence-corrected chi connectivity index (χ3v) is 3.40. The van der Waals surface area contributed by atoms with E-state index in [4.69, 9.17) is 11.0 Å². The van der Waals surface area contributed by atoms with Gasteiger partial charge in [0.15, 0.2) is 0 Å². The van der Waals surface area contributed by atoms with Gasteiger partial charge in [-0.15, -0.1) is 0 Å². The summed E-state index contributed by atoms with van der Waals surface area (Å²) in [4.78, 5) is 18.8. The number of primary amides is 1. The van der Waals surface area contributed by atoms with Crippen LogP contribution >= 0.6 is 11.8 Å². The van der Waals surface area contributed by atoms with Crippen LogP contribution in [0.15, 0.2) is 40.5 Å². The first-order valence-electron chi connectivity index (χ1n) is 5.72. The molecule has 1 aromatic carbocycles. The lowest BCUT2D eigenvalue weighted by molar-refractivity contribution is -0.137. The zero-order valence-electron chi connectivity index (χ0n) is 10.8. The topological polar surface area (TPSA) is 92.7 Å². The molecule has 9 heteroatoms. The molecule has 0 saturated carbocycles. The molecule has 0 atom stereocenters. The van der Waals surface area contributed by atoms with E-state index in [0.717, 1.165) is 30.1 Å². The minimum Gasteiger partial charge on any atom is -0.364 e. The summed E-state index contributed by atoms with van der Waals surface area (Å²) in [6.45, 7) is 0. The van der Waals surface area contributed by atoms with Crippen LogP contribution in [0.25, 0.3) is 0 Å². The monoisotopic (exact) mass is 324 g/mol. The number of aromatic nitrogens is 2. The number of nitrogens with two attached hydrogens (primary N) is 1. The molecule has 2 aromatic rings. The number of hydrogen-bond donors (Lipinski definition) is 1. The predicted molar refractivity (Wildman–Crippen MR) is 70.8 cm³/mol. The molecule has 5 nitrogen and oxygen atoms in total. The van der Waals surface area contributed by atoms with Gasteiger partial charge in [0.2, 0.25) is 0 Å². The van der Waals surface area contributed by atoms with Crippen molar-refractivity contribution >= 4 is 17.7 Å². The Morgan fingerprint density at radius 1 is 1.32 bits per heavy atom. The van der Waals surface area contributed by atoms with Crippen LogP contribution in [-0.2, 0) is 6.18 Å². The SMILES string of the molecule is N#Cc1ccc(Sc2cncc(C(N)=O)n2)cc1C(F)(F)F. The number of carbonyl (C=O) groups is 1. The van der Waals surface area contributed by atoms with E-state index >= 15 is 0 Å². The van der Waals surface area contributed by atoms with E-state index in [1.807, 2.05) is 0 Å². The van der Waals surface area contributed by atoms with Gasteiger partial charge in [0, 0.05) is 4.90 Å². The standard InChI is InChI=1S/C13H7F3N4OS/c14-13(15,16)9-3-8(2-1-7(9)4-17)22-11-6-19-5-10(20-11)12(18)21/h1-3,5-6H,(H2,18,21). The number of carbonyl (C=O) groups excluding carboxylic acids is 1. The van der Waals surface area contributed by atoms with Crippen molar-refractivity contribution in [1.82, 2.24) is 9.97 Å². The lowest BCUT2D eigenvalue weighted by atomic mass is 10.1. The predicted octanol–water partition coefficient (Wildman–Crippen LogP) is 2.62. The number of rotatable bonds is 3. The molecular weight excluding hydrogens is 317 g/mol. The van der Waals surface area contributed by atoms with Crippen LogP contribution in [0.4, 0.5) is 13.2 Å². The quantitative estimate of drug-likeness (QED) is 0.937. The maximum Gasteiger partial charge on any atom is 0.417 e. The van der Waals surface area contributed by atoms with Crippen molar-refractivity contribution in [3.8, 4) is 6.07 Å². The van der Waals surface area contributed by atoms with Crippen molar-refractivity contribution in [2.45, 2.75) is 16.1 Å². The zero-order valence-corrected chi connectivity index (χ0v) is 11.6. The Balaban J connectivity index is 2.37. The molecule has 1 amide bonds. The molecule has 0 aliphatic carbocycles. The first-order chi connectivity index (χ1) is 10.3. The molecule has 0 bridgehead atoms. The minimum atomic E-state index is -4.64. The molecule has 0 spiro atoms. The fraction of sp³-hybridized carbons (Fsp3) is 0.0769. The van der Waals surface area contributed by atoms with E-state index in [1.54, 1.807) is 0 Å². The molecule has 2 N–H and O–H groups in total. The molecule has 0 aliphatic rings. The summed E-state index contributed by atoms with van der Waals surface area (Å²) in [5.41, 5.74) is 3.48. The van der Waals surface area contributed by atoms with Gasteiger partial charge in [0.05, 0.1) is 29.6 Å². The first kappa shape index (κ1) is 15.8. The van der Waals surface area contributed by atoms with Gasteiger partial charge < -0.3 is 5.73 Å². The maximum atomic E-state index is 12.9. The van der Waals surface area contributed by atoms with Crippen LogP contribution < -0.4 is 5.73 Å². The molecule has 0 aliphatic heterocycles. The zero-order chi connectivity index (χ0) is 16.3. The summed E-state index contributed by atoms with van der Waals surface area (Å²) in [5, 5.41) is 8.95. The Morgan fingerprint density at radius 3 is 2.64 bits per heavy atom. The van der Waals surface area contributed by atoms with E-state index in [9.17, 15) is 18.0 Å². The largest absolute Gasteiger partial charge is 0.417 e. The minimum absolute atomic E-state index is 0.0883. The van der Waals surface area contributed by atoms with E-state index < -0.39 is 23.2 Å². The van der Waals surface area contributed by atoms with Crippen molar-refractivity contribution in [3.05, 3.63) is 47.4 Å². The van der Waals surface area contributed by atoms with E-state index in [-0.39, 0.29) is 15.6 Å². The average molecular weight is 324 g/mol. The normalized spacial score (nSPS) is 11.0. The highest BCUT2D eigenvalue weighted by Crippen LogP contribution is 2.35. The molecule has 2 rings (SSSR count). The van der Waals surface area contributed by atoms with Crippen molar-refractivity contribution in [2.75, 3.05) is 0 Å². The lowest BCUT2D eigenvalue weighted by Gasteiger charge is -2.10. The van der Waals surface area contributed by atoms with Crippen LogP contribution in [0.3, 0.4) is 0 Å². The van der Waals surface area contributed by atoms with Gasteiger partial charge >= 0.3 is 6.18 Å². The van der Waals surface area contributed by atoms with Gasteiger partial charge in [-0.05, 0) is 18.2 Å². The smallest absolute Gasteiger partial charge is 0.364 e. The molecule has 0 saturated heterocycles. The average Bonchev–Trinajstić information content (AvgIpc) is 2.46. The summed E-state index contributed by atoms with van der Waals surface area (Å²) < 4.78 is 38.6. The fourth-order valence-electron chi connectivity index (χ4n) is 1.56. The number of nitriles is 1. The molecule has 1 aromatic heterocycles. The number of hydrogen-bond acceptors (Lipinski definition) is 5. The Kier molecular flexibility index (Phi) is 4.32. The van der Waals surface area contributed by atoms with Crippen LogP contribution in [0.2, 0.25) is 0 Å². The number of benzene rings is 1. The van der Waals surface area contributed by atoms with Gasteiger partial charge in [-0.3, -0.25) is 9.78 Å². The van der Waals surface area contributed by atoms with Gasteiger partial charge in [-0.2, -0.15) is 18.4 Å². The first-order valence-corrected chi connectivity index (χ1v) is 6.54. The Hall–Kier alpha value is -2.60. The molecule has 1 heterocycles. The highest BCUT2D eigenvalue weighted by atomic mass is 32.2. The van der Waals surface area contributed by atoms with Gasteiger partial charge in [-0.25, -0.2) is 4.98 Å². The summed E-state index contributed by atoms with van der Waals surface area (Å²) in [7, 11) is 0. The highest BCUT2D eigenvalue weighted by Gasteiger charge is 2.33. The summed E-state index contributed by atoms with van der Waals surface area (Å²) in [5.74, 6) is -0.786. The number of amides is 1. The molecule has 0 fully saturated rings. The van der Waals surface area contributed by atoms with Crippen molar-refractivity contribution in [3.63, 3.8) is 0 Å². The van der Waals surface area contributed by atoms with Crippen LogP contribution in [-0.4, -0.2) is 15.9 Å². The summed E-state index contributed by atoms with van der Waals surface area (Å²) >= 11 is 0.878. The second kappa shape index (κ2) is 6.03. The lowest BCUT2D eigenvalue weighted by Crippen LogP contribution is -2.13. The second-order valence-electron chi connectivity index (χ2n) is 4.03. The van der Waals surface area contributed by atoms with E-state index in [0.29, 0.717) is 0 Å². The third-order valence-electron chi connectivity index (χ3n) is 2.50. The molecular formula is C13H7F3N4OS. The van der Waals surface area contributed by atoms with Gasteiger partial charge in [0.1, 0.15) is 10.7 Å². The van der Waals surface area contributed by atoms with Gasteiger partial charge in [-0.1, -0.05) is 11.8 Å². The van der Waals surface area contributed by atoms with Crippen molar-refractivity contribution in [1.29, 1.82) is 5.26 Å². The van der Waals surface area contributed by atoms with Gasteiger partial charge in [0.25, 0.3) is 5.91 Å².